The van der Waals surface area contributed by atoms with Crippen LogP contribution in [0.3, 0.4) is 0 Å². The Bertz CT molecular complexity index is 223. The number of aliphatic hydroxyl groups excluding tert-OH is 1. The first-order chi connectivity index (χ1) is 7.95. The maximum absolute atomic E-state index is 9.95. The number of rotatable bonds is 6. The molecule has 17 heavy (non-hydrogen) atoms. The first-order valence-electron chi connectivity index (χ1n) is 6.64. The molecule has 0 spiro atoms. The lowest BCUT2D eigenvalue weighted by molar-refractivity contribution is -0.0583. The van der Waals surface area contributed by atoms with Crippen LogP contribution < -0.4 is 5.32 Å². The van der Waals surface area contributed by atoms with Crippen molar-refractivity contribution < 1.29 is 9.84 Å². The standard InChI is InChI=1S/C13H28N2O2/c1-11(2)14-8-12(16)9-15-7-5-6-13(3,10-15)17-4/h11-12,14,16H,5-10H2,1-4H3. The second-order valence-corrected chi connectivity index (χ2v) is 5.71. The van der Waals surface area contributed by atoms with E-state index >= 15 is 0 Å². The van der Waals surface area contributed by atoms with E-state index in [0.717, 1.165) is 32.5 Å². The molecule has 0 bridgehead atoms. The van der Waals surface area contributed by atoms with Gasteiger partial charge in [0, 0.05) is 32.8 Å². The Balaban J connectivity index is 2.30. The van der Waals surface area contributed by atoms with Gasteiger partial charge in [0.05, 0.1) is 11.7 Å². The predicted octanol–water partition coefficient (Wildman–Crippen LogP) is 0.846. The number of aliphatic hydroxyl groups is 1. The molecule has 0 aromatic rings. The lowest BCUT2D eigenvalue weighted by Gasteiger charge is -2.40. The summed E-state index contributed by atoms with van der Waals surface area (Å²) < 4.78 is 5.55. The molecule has 0 saturated carbocycles. The Kier molecular flexibility index (Phi) is 5.86. The molecule has 4 nitrogen and oxygen atoms in total. The maximum Gasteiger partial charge on any atom is 0.0791 e. The Morgan fingerprint density at radius 3 is 2.76 bits per heavy atom. The second kappa shape index (κ2) is 6.69. The van der Waals surface area contributed by atoms with E-state index in [9.17, 15) is 5.11 Å². The van der Waals surface area contributed by atoms with Gasteiger partial charge in [-0.1, -0.05) is 13.8 Å². The van der Waals surface area contributed by atoms with Crippen LogP contribution >= 0.6 is 0 Å². The van der Waals surface area contributed by atoms with Gasteiger partial charge in [-0.15, -0.1) is 0 Å². The SMILES string of the molecule is COC1(C)CCCN(CC(O)CNC(C)C)C1. The van der Waals surface area contributed by atoms with Crippen molar-refractivity contribution >= 4 is 0 Å². The zero-order valence-electron chi connectivity index (χ0n) is 11.7. The quantitative estimate of drug-likeness (QED) is 0.727. The van der Waals surface area contributed by atoms with E-state index < -0.39 is 0 Å². The summed E-state index contributed by atoms with van der Waals surface area (Å²) in [5.74, 6) is 0. The molecule has 0 aliphatic carbocycles. The Morgan fingerprint density at radius 1 is 1.47 bits per heavy atom. The van der Waals surface area contributed by atoms with Crippen LogP contribution in [0.1, 0.15) is 33.6 Å². The molecule has 2 N–H and O–H groups in total. The summed E-state index contributed by atoms with van der Waals surface area (Å²) in [6.07, 6.45) is 1.96. The van der Waals surface area contributed by atoms with Crippen molar-refractivity contribution in [2.45, 2.75) is 51.4 Å². The third kappa shape index (κ3) is 5.34. The van der Waals surface area contributed by atoms with Crippen LogP contribution in [0, 0.1) is 0 Å². The predicted molar refractivity (Wildman–Crippen MR) is 70.2 cm³/mol. The number of likely N-dealkylation sites (tertiary alicyclic amines) is 1. The number of β-amino-alcohol motifs (C(OH)–C–C–N with tert-alkyl or cyclic N) is 1. The summed E-state index contributed by atoms with van der Waals surface area (Å²) in [7, 11) is 1.78. The molecule has 2 unspecified atom stereocenters. The van der Waals surface area contributed by atoms with Crippen LogP contribution in [-0.4, -0.2) is 61.0 Å². The van der Waals surface area contributed by atoms with E-state index in [1.165, 1.54) is 0 Å². The molecule has 0 amide bonds. The summed E-state index contributed by atoms with van der Waals surface area (Å²) in [5, 5.41) is 13.2. The van der Waals surface area contributed by atoms with Crippen LogP contribution in [0.2, 0.25) is 0 Å². The fourth-order valence-electron chi connectivity index (χ4n) is 2.36. The smallest absolute Gasteiger partial charge is 0.0791 e. The molecule has 1 aliphatic rings. The number of nitrogens with zero attached hydrogens (tertiary/aromatic N) is 1. The lowest BCUT2D eigenvalue weighted by Crippen LogP contribution is -2.50. The number of nitrogens with one attached hydrogen (secondary N) is 1. The summed E-state index contributed by atoms with van der Waals surface area (Å²) in [6, 6.07) is 0.426. The van der Waals surface area contributed by atoms with Gasteiger partial charge in [0.2, 0.25) is 0 Å². The third-order valence-corrected chi connectivity index (χ3v) is 3.46. The molecule has 1 fully saturated rings. The lowest BCUT2D eigenvalue weighted by atomic mass is 9.94. The van der Waals surface area contributed by atoms with Gasteiger partial charge in [0.25, 0.3) is 0 Å². The molecule has 2 atom stereocenters. The van der Waals surface area contributed by atoms with Crippen LogP contribution in [0.4, 0.5) is 0 Å². The van der Waals surface area contributed by atoms with Crippen molar-refractivity contribution in [3.05, 3.63) is 0 Å². The van der Waals surface area contributed by atoms with Gasteiger partial charge in [-0.2, -0.15) is 0 Å². The number of methoxy groups -OCH3 is 1. The molecule has 0 radical (unpaired) electrons. The van der Waals surface area contributed by atoms with Gasteiger partial charge in [-0.3, -0.25) is 4.90 Å². The number of hydrogen-bond donors (Lipinski definition) is 2. The van der Waals surface area contributed by atoms with Crippen LogP contribution in [-0.2, 0) is 4.74 Å². The van der Waals surface area contributed by atoms with Gasteiger partial charge in [-0.25, -0.2) is 0 Å². The summed E-state index contributed by atoms with van der Waals surface area (Å²) in [5.41, 5.74) is -0.0382. The van der Waals surface area contributed by atoms with Crippen molar-refractivity contribution in [1.29, 1.82) is 0 Å². The molecule has 102 valence electrons. The molecule has 1 heterocycles. The maximum atomic E-state index is 9.95. The number of hydrogen-bond acceptors (Lipinski definition) is 4. The molecular weight excluding hydrogens is 216 g/mol. The fourth-order valence-corrected chi connectivity index (χ4v) is 2.36. The summed E-state index contributed by atoms with van der Waals surface area (Å²) in [4.78, 5) is 2.31. The van der Waals surface area contributed by atoms with Crippen LogP contribution in [0.15, 0.2) is 0 Å². The average Bonchev–Trinajstić information content (AvgIpc) is 2.26. The highest BCUT2D eigenvalue weighted by Crippen LogP contribution is 2.23. The van der Waals surface area contributed by atoms with Gasteiger partial charge in [0.15, 0.2) is 0 Å². The van der Waals surface area contributed by atoms with Crippen molar-refractivity contribution in [3.63, 3.8) is 0 Å². The Hall–Kier alpha value is -0.160. The molecule has 1 rings (SSSR count). The zero-order valence-corrected chi connectivity index (χ0v) is 11.7. The molecule has 1 aliphatic heterocycles. The highest BCUT2D eigenvalue weighted by Gasteiger charge is 2.31. The minimum atomic E-state index is -0.295. The monoisotopic (exact) mass is 244 g/mol. The van der Waals surface area contributed by atoms with Gasteiger partial charge in [0.1, 0.15) is 0 Å². The van der Waals surface area contributed by atoms with E-state index in [2.05, 4.69) is 31.0 Å². The van der Waals surface area contributed by atoms with E-state index in [1.54, 1.807) is 7.11 Å². The van der Waals surface area contributed by atoms with E-state index in [1.807, 2.05) is 0 Å². The first-order valence-corrected chi connectivity index (χ1v) is 6.64. The fraction of sp³-hybridized carbons (Fsp3) is 1.00. The third-order valence-electron chi connectivity index (χ3n) is 3.46. The normalized spacial score (nSPS) is 28.6. The van der Waals surface area contributed by atoms with Crippen LogP contribution in [0.25, 0.3) is 0 Å². The van der Waals surface area contributed by atoms with Gasteiger partial charge >= 0.3 is 0 Å². The molecular formula is C13H28N2O2. The van der Waals surface area contributed by atoms with E-state index in [4.69, 9.17) is 4.74 Å². The average molecular weight is 244 g/mol. The molecule has 1 saturated heterocycles. The minimum absolute atomic E-state index is 0.0382. The molecule has 4 heteroatoms. The molecule has 0 aromatic carbocycles. The topological polar surface area (TPSA) is 44.7 Å². The molecule has 0 aromatic heterocycles. The van der Waals surface area contributed by atoms with Crippen molar-refractivity contribution in [3.8, 4) is 0 Å². The first kappa shape index (κ1) is 14.9. The second-order valence-electron chi connectivity index (χ2n) is 5.71. The zero-order chi connectivity index (χ0) is 12.9. The van der Waals surface area contributed by atoms with E-state index in [0.29, 0.717) is 12.6 Å². The van der Waals surface area contributed by atoms with Crippen molar-refractivity contribution in [1.82, 2.24) is 10.2 Å². The minimum Gasteiger partial charge on any atom is -0.390 e. The van der Waals surface area contributed by atoms with Crippen molar-refractivity contribution in [2.75, 3.05) is 33.3 Å². The Labute approximate surface area is 105 Å². The summed E-state index contributed by atoms with van der Waals surface area (Å²) >= 11 is 0. The van der Waals surface area contributed by atoms with Crippen molar-refractivity contribution in [2.24, 2.45) is 0 Å². The van der Waals surface area contributed by atoms with Crippen LogP contribution in [0.5, 0.6) is 0 Å². The largest absolute Gasteiger partial charge is 0.390 e. The van der Waals surface area contributed by atoms with Gasteiger partial charge in [-0.05, 0) is 26.3 Å². The number of piperidine rings is 1. The highest BCUT2D eigenvalue weighted by molar-refractivity contribution is 4.85. The number of ether oxygens (including phenoxy) is 1. The van der Waals surface area contributed by atoms with Gasteiger partial charge < -0.3 is 15.2 Å². The summed E-state index contributed by atoms with van der Waals surface area (Å²) in [6.45, 7) is 9.72. The van der Waals surface area contributed by atoms with E-state index in [-0.39, 0.29) is 11.7 Å². The Morgan fingerprint density at radius 2 is 2.18 bits per heavy atom. The highest BCUT2D eigenvalue weighted by atomic mass is 16.5.